The van der Waals surface area contributed by atoms with Gasteiger partial charge in [0, 0.05) is 23.5 Å². The molecule has 0 saturated carbocycles. The third-order valence-corrected chi connectivity index (χ3v) is 6.95. The van der Waals surface area contributed by atoms with Gasteiger partial charge in [0.1, 0.15) is 5.54 Å². The van der Waals surface area contributed by atoms with Crippen molar-refractivity contribution in [2.45, 2.75) is 37.8 Å². The molecule has 2 amide bonds. The molecular formula is C24H25BrN2O4. The van der Waals surface area contributed by atoms with Crippen LogP contribution in [-0.2, 0) is 20.8 Å². The number of unbranched alkanes of at least 4 members (excludes halogenated alkanes) is 1. The fraction of sp³-hybridized carbons (Fsp3) is 0.375. The quantitative estimate of drug-likeness (QED) is 0.586. The zero-order valence-electron chi connectivity index (χ0n) is 17.3. The van der Waals surface area contributed by atoms with Gasteiger partial charge in [0.15, 0.2) is 0 Å². The molecule has 4 atom stereocenters. The lowest BCUT2D eigenvalue weighted by molar-refractivity contribution is -0.151. The molecule has 4 rings (SSSR count). The molecule has 162 valence electrons. The summed E-state index contributed by atoms with van der Waals surface area (Å²) in [7, 11) is 0. The van der Waals surface area contributed by atoms with Crippen molar-refractivity contribution in [1.82, 2.24) is 10.2 Å². The van der Waals surface area contributed by atoms with Crippen molar-refractivity contribution >= 4 is 33.7 Å². The molecule has 6 nitrogen and oxygen atoms in total. The maximum absolute atomic E-state index is 13.4. The lowest BCUT2D eigenvalue weighted by atomic mass is 9.76. The van der Waals surface area contributed by atoms with Gasteiger partial charge < -0.3 is 5.11 Å². The van der Waals surface area contributed by atoms with Crippen LogP contribution in [0.4, 0.5) is 0 Å². The number of carbonyl (C=O) groups is 3. The van der Waals surface area contributed by atoms with Crippen molar-refractivity contribution in [3.63, 3.8) is 0 Å². The van der Waals surface area contributed by atoms with Crippen LogP contribution in [0.1, 0.15) is 36.9 Å². The topological polar surface area (TPSA) is 86.7 Å². The van der Waals surface area contributed by atoms with E-state index >= 15 is 0 Å². The lowest BCUT2D eigenvalue weighted by Gasteiger charge is -2.31. The van der Waals surface area contributed by atoms with Crippen molar-refractivity contribution in [2.75, 3.05) is 6.54 Å². The Labute approximate surface area is 189 Å². The van der Waals surface area contributed by atoms with Crippen LogP contribution in [0.2, 0.25) is 0 Å². The molecule has 2 aliphatic rings. The number of carboxylic acids is 1. The number of nitrogens with one attached hydrogen (secondary N) is 1. The molecule has 0 spiro atoms. The monoisotopic (exact) mass is 484 g/mol. The van der Waals surface area contributed by atoms with Crippen molar-refractivity contribution in [1.29, 1.82) is 0 Å². The zero-order valence-corrected chi connectivity index (χ0v) is 18.8. The van der Waals surface area contributed by atoms with Gasteiger partial charge in [-0.05, 0) is 29.7 Å². The Morgan fingerprint density at radius 1 is 1.10 bits per heavy atom. The SMILES string of the molecule is CCCCN1C(=O)C2C(c3ccc(Br)cc3)NC(Cc3ccccc3)(C(=O)O)C2C1=O. The Morgan fingerprint density at radius 2 is 1.77 bits per heavy atom. The number of rotatable bonds is 7. The number of amides is 2. The van der Waals surface area contributed by atoms with Gasteiger partial charge in [-0.3, -0.25) is 24.6 Å². The smallest absolute Gasteiger partial charge is 0.325 e. The number of halogens is 1. The van der Waals surface area contributed by atoms with E-state index in [1.807, 2.05) is 61.5 Å². The van der Waals surface area contributed by atoms with Gasteiger partial charge in [-0.25, -0.2) is 0 Å². The Kier molecular flexibility index (Phi) is 5.99. The first-order valence-corrected chi connectivity index (χ1v) is 11.3. The Morgan fingerprint density at radius 3 is 2.39 bits per heavy atom. The second-order valence-electron chi connectivity index (χ2n) is 8.30. The van der Waals surface area contributed by atoms with Crippen molar-refractivity contribution in [3.05, 3.63) is 70.2 Å². The van der Waals surface area contributed by atoms with E-state index in [1.54, 1.807) is 0 Å². The average Bonchev–Trinajstić information content (AvgIpc) is 3.23. The number of hydrogen-bond acceptors (Lipinski definition) is 4. The van der Waals surface area contributed by atoms with Gasteiger partial charge in [-0.1, -0.05) is 71.7 Å². The molecule has 2 aromatic rings. The third kappa shape index (κ3) is 3.70. The molecule has 2 heterocycles. The summed E-state index contributed by atoms with van der Waals surface area (Å²) >= 11 is 3.42. The maximum atomic E-state index is 13.4. The Balaban J connectivity index is 1.81. The standard InChI is InChI=1S/C24H25BrN2O4/c1-2-3-13-27-21(28)18-19(22(27)29)24(23(30)31,14-15-7-5-4-6-8-15)26-20(18)16-9-11-17(25)12-10-16/h4-12,18-20,26H,2-3,13-14H2,1H3,(H,30,31). The van der Waals surface area contributed by atoms with E-state index in [0.717, 1.165) is 22.0 Å². The number of imide groups is 1. The van der Waals surface area contributed by atoms with Crippen LogP contribution in [0.3, 0.4) is 0 Å². The number of likely N-dealkylation sites (tertiary alicyclic amines) is 1. The number of benzene rings is 2. The van der Waals surface area contributed by atoms with Gasteiger partial charge >= 0.3 is 5.97 Å². The first kappa shape index (κ1) is 21.7. The fourth-order valence-electron chi connectivity index (χ4n) is 4.91. The van der Waals surface area contributed by atoms with E-state index in [9.17, 15) is 19.5 Å². The van der Waals surface area contributed by atoms with Crippen molar-refractivity contribution in [3.8, 4) is 0 Å². The van der Waals surface area contributed by atoms with Crippen LogP contribution < -0.4 is 5.32 Å². The molecular weight excluding hydrogens is 460 g/mol. The minimum absolute atomic E-state index is 0.123. The third-order valence-electron chi connectivity index (χ3n) is 6.42. The highest BCUT2D eigenvalue weighted by atomic mass is 79.9. The molecule has 2 aromatic carbocycles. The average molecular weight is 485 g/mol. The van der Waals surface area contributed by atoms with Crippen LogP contribution in [0.25, 0.3) is 0 Å². The number of nitrogens with zero attached hydrogens (tertiary/aromatic N) is 1. The molecule has 0 aromatic heterocycles. The number of carbonyl (C=O) groups excluding carboxylic acids is 2. The van der Waals surface area contributed by atoms with E-state index in [1.165, 1.54) is 4.90 Å². The first-order chi connectivity index (χ1) is 14.9. The molecule has 0 radical (unpaired) electrons. The maximum Gasteiger partial charge on any atom is 0.325 e. The number of hydrogen-bond donors (Lipinski definition) is 2. The molecule has 2 N–H and O–H groups in total. The summed E-state index contributed by atoms with van der Waals surface area (Å²) in [5.74, 6) is -3.47. The van der Waals surface area contributed by atoms with Gasteiger partial charge in [0.2, 0.25) is 11.8 Å². The second-order valence-corrected chi connectivity index (χ2v) is 9.21. The van der Waals surface area contributed by atoms with E-state index in [0.29, 0.717) is 13.0 Å². The minimum atomic E-state index is -1.56. The van der Waals surface area contributed by atoms with Gasteiger partial charge in [0.05, 0.1) is 11.8 Å². The predicted molar refractivity (Wildman–Crippen MR) is 119 cm³/mol. The Hall–Kier alpha value is -2.51. The van der Waals surface area contributed by atoms with Crippen LogP contribution in [0.15, 0.2) is 59.1 Å². The van der Waals surface area contributed by atoms with Gasteiger partial charge in [0.25, 0.3) is 0 Å². The van der Waals surface area contributed by atoms with Crippen molar-refractivity contribution < 1.29 is 19.5 Å². The molecule has 31 heavy (non-hydrogen) atoms. The minimum Gasteiger partial charge on any atom is -0.480 e. The summed E-state index contributed by atoms with van der Waals surface area (Å²) in [5.41, 5.74) is 0.0463. The first-order valence-electron chi connectivity index (χ1n) is 10.5. The van der Waals surface area contributed by atoms with E-state index in [-0.39, 0.29) is 18.2 Å². The molecule has 2 aliphatic heterocycles. The summed E-state index contributed by atoms with van der Waals surface area (Å²) in [4.78, 5) is 40.8. The summed E-state index contributed by atoms with van der Waals surface area (Å²) in [6.45, 7) is 2.32. The second kappa shape index (κ2) is 8.55. The Bertz CT molecular complexity index is 994. The fourth-order valence-corrected chi connectivity index (χ4v) is 5.17. The summed E-state index contributed by atoms with van der Waals surface area (Å²) in [6.07, 6.45) is 1.67. The summed E-state index contributed by atoms with van der Waals surface area (Å²) in [5, 5.41) is 13.6. The van der Waals surface area contributed by atoms with E-state index in [4.69, 9.17) is 0 Å². The molecule has 2 saturated heterocycles. The largest absolute Gasteiger partial charge is 0.480 e. The summed E-state index contributed by atoms with van der Waals surface area (Å²) in [6, 6.07) is 16.2. The highest BCUT2D eigenvalue weighted by Gasteiger charge is 2.68. The zero-order chi connectivity index (χ0) is 22.2. The van der Waals surface area contributed by atoms with Gasteiger partial charge in [-0.2, -0.15) is 0 Å². The lowest BCUT2D eigenvalue weighted by Crippen LogP contribution is -2.57. The van der Waals surface area contributed by atoms with E-state index < -0.39 is 29.4 Å². The summed E-state index contributed by atoms with van der Waals surface area (Å²) < 4.78 is 0.887. The van der Waals surface area contributed by atoms with Crippen molar-refractivity contribution in [2.24, 2.45) is 11.8 Å². The predicted octanol–water partition coefficient (Wildman–Crippen LogP) is 3.56. The number of aliphatic carboxylic acids is 1. The van der Waals surface area contributed by atoms with Crippen LogP contribution in [-0.4, -0.2) is 39.9 Å². The molecule has 0 bridgehead atoms. The molecule has 2 fully saturated rings. The number of carboxylic acid groups (broad SMARTS) is 1. The highest BCUT2D eigenvalue weighted by molar-refractivity contribution is 9.10. The van der Waals surface area contributed by atoms with E-state index in [2.05, 4.69) is 21.2 Å². The van der Waals surface area contributed by atoms with Crippen LogP contribution in [0, 0.1) is 11.8 Å². The van der Waals surface area contributed by atoms with Crippen LogP contribution >= 0.6 is 15.9 Å². The molecule has 0 aliphatic carbocycles. The highest BCUT2D eigenvalue weighted by Crippen LogP contribution is 2.50. The normalized spacial score (nSPS) is 27.5. The number of fused-ring (bicyclic) bond motifs is 1. The molecule has 4 unspecified atom stereocenters. The van der Waals surface area contributed by atoms with Crippen LogP contribution in [0.5, 0.6) is 0 Å². The molecule has 7 heteroatoms. The van der Waals surface area contributed by atoms with Gasteiger partial charge in [-0.15, -0.1) is 0 Å².